The summed E-state index contributed by atoms with van der Waals surface area (Å²) in [7, 11) is 0. The molecule has 1 atom stereocenters. The highest BCUT2D eigenvalue weighted by molar-refractivity contribution is 5.91. The van der Waals surface area contributed by atoms with Crippen LogP contribution in [0.3, 0.4) is 0 Å². The highest BCUT2D eigenvalue weighted by Gasteiger charge is 2.23. The topological polar surface area (TPSA) is 83.0 Å². The van der Waals surface area contributed by atoms with E-state index in [2.05, 4.69) is 10.3 Å². The van der Waals surface area contributed by atoms with E-state index in [1.165, 1.54) is 0 Å². The molecule has 1 saturated heterocycles. The first-order valence-electron chi connectivity index (χ1n) is 5.94. The van der Waals surface area contributed by atoms with Gasteiger partial charge >= 0.3 is 0 Å². The Hall–Kier alpha value is -1.43. The van der Waals surface area contributed by atoms with E-state index in [9.17, 15) is 4.79 Å². The van der Waals surface area contributed by atoms with Crippen LogP contribution in [-0.2, 0) is 11.3 Å². The number of hydrogen-bond donors (Lipinski definition) is 1. The maximum absolute atomic E-state index is 11.3. The summed E-state index contributed by atoms with van der Waals surface area (Å²) in [6.45, 7) is 5.45. The molecule has 0 saturated carbocycles. The van der Waals surface area contributed by atoms with Crippen molar-refractivity contribution in [2.75, 3.05) is 6.61 Å². The van der Waals surface area contributed by atoms with Crippen molar-refractivity contribution in [1.29, 1.82) is 0 Å². The highest BCUT2D eigenvalue weighted by Crippen LogP contribution is 2.20. The van der Waals surface area contributed by atoms with Gasteiger partial charge in [0.25, 0.3) is 5.91 Å². The first-order chi connectivity index (χ1) is 8.09. The molecule has 1 aliphatic heterocycles. The lowest BCUT2D eigenvalue weighted by Gasteiger charge is -2.13. The van der Waals surface area contributed by atoms with Gasteiger partial charge in [-0.05, 0) is 18.8 Å². The van der Waals surface area contributed by atoms with E-state index in [-0.39, 0.29) is 17.7 Å². The van der Waals surface area contributed by atoms with E-state index >= 15 is 0 Å². The van der Waals surface area contributed by atoms with Crippen molar-refractivity contribution < 1.29 is 9.53 Å². The number of nitrogens with zero attached hydrogens (tertiary/aromatic N) is 3. The minimum atomic E-state index is -0.521. The molecule has 0 aromatic carbocycles. The minimum absolute atomic E-state index is 0.161. The summed E-state index contributed by atoms with van der Waals surface area (Å²) in [6, 6.07) is 0. The molecule has 2 N–H and O–H groups in total. The van der Waals surface area contributed by atoms with Crippen molar-refractivity contribution in [2.24, 2.45) is 5.73 Å². The minimum Gasteiger partial charge on any atom is -0.376 e. The van der Waals surface area contributed by atoms with Crippen LogP contribution in [0.4, 0.5) is 0 Å². The second-order valence-electron chi connectivity index (χ2n) is 4.66. The monoisotopic (exact) mass is 238 g/mol. The van der Waals surface area contributed by atoms with Crippen molar-refractivity contribution in [1.82, 2.24) is 15.0 Å². The fourth-order valence-electron chi connectivity index (χ4n) is 2.18. The summed E-state index contributed by atoms with van der Waals surface area (Å²) in [5.74, 6) is -0.360. The standard InChI is InChI=1S/C11H18N4O2/c1-7(2)10-9(11(12)16)13-14-15(10)6-8-4-3-5-17-8/h7-8H,3-6H2,1-2H3,(H2,12,16). The predicted octanol–water partition coefficient (Wildman–Crippen LogP) is 0.679. The van der Waals surface area contributed by atoms with Crippen molar-refractivity contribution in [3.05, 3.63) is 11.4 Å². The largest absolute Gasteiger partial charge is 0.376 e. The van der Waals surface area contributed by atoms with Crippen LogP contribution in [-0.4, -0.2) is 33.6 Å². The average Bonchev–Trinajstić information content (AvgIpc) is 2.86. The molecule has 1 aromatic heterocycles. The second-order valence-corrected chi connectivity index (χ2v) is 4.66. The lowest BCUT2D eigenvalue weighted by atomic mass is 10.1. The van der Waals surface area contributed by atoms with E-state index in [1.54, 1.807) is 4.68 Å². The van der Waals surface area contributed by atoms with Gasteiger partial charge in [-0.25, -0.2) is 4.68 Å². The van der Waals surface area contributed by atoms with Gasteiger partial charge in [-0.2, -0.15) is 0 Å². The van der Waals surface area contributed by atoms with Gasteiger partial charge in [0.1, 0.15) is 0 Å². The second kappa shape index (κ2) is 4.83. The normalized spacial score (nSPS) is 20.1. The van der Waals surface area contributed by atoms with Crippen LogP contribution in [0.15, 0.2) is 0 Å². The smallest absolute Gasteiger partial charge is 0.271 e. The van der Waals surface area contributed by atoms with E-state index in [0.29, 0.717) is 6.54 Å². The van der Waals surface area contributed by atoms with Crippen molar-refractivity contribution >= 4 is 5.91 Å². The zero-order valence-electron chi connectivity index (χ0n) is 10.2. The zero-order valence-corrected chi connectivity index (χ0v) is 10.2. The third-order valence-electron chi connectivity index (χ3n) is 2.95. The molecule has 0 bridgehead atoms. The zero-order chi connectivity index (χ0) is 12.4. The molecular formula is C11H18N4O2. The highest BCUT2D eigenvalue weighted by atomic mass is 16.5. The third-order valence-corrected chi connectivity index (χ3v) is 2.95. The van der Waals surface area contributed by atoms with E-state index in [1.807, 2.05) is 13.8 Å². The molecule has 17 heavy (non-hydrogen) atoms. The number of amides is 1. The Morgan fingerprint density at radius 2 is 2.41 bits per heavy atom. The maximum Gasteiger partial charge on any atom is 0.271 e. The van der Waals surface area contributed by atoms with Crippen molar-refractivity contribution in [3.63, 3.8) is 0 Å². The van der Waals surface area contributed by atoms with Gasteiger partial charge in [-0.3, -0.25) is 4.79 Å². The lowest BCUT2D eigenvalue weighted by molar-refractivity contribution is 0.0923. The van der Waals surface area contributed by atoms with Crippen LogP contribution in [0.25, 0.3) is 0 Å². The van der Waals surface area contributed by atoms with Crippen LogP contribution < -0.4 is 5.73 Å². The molecule has 94 valence electrons. The Morgan fingerprint density at radius 1 is 1.65 bits per heavy atom. The molecule has 1 aliphatic rings. The quantitative estimate of drug-likeness (QED) is 0.836. The number of primary amides is 1. The molecule has 6 heteroatoms. The molecular weight excluding hydrogens is 220 g/mol. The summed E-state index contributed by atoms with van der Waals surface area (Å²) in [5.41, 5.74) is 6.36. The first kappa shape index (κ1) is 12.0. The molecule has 1 unspecified atom stereocenters. The van der Waals surface area contributed by atoms with Gasteiger partial charge in [0.05, 0.1) is 18.3 Å². The fourth-order valence-corrected chi connectivity index (χ4v) is 2.18. The SMILES string of the molecule is CC(C)c1c(C(N)=O)nnn1CC1CCCO1. The van der Waals surface area contributed by atoms with E-state index in [0.717, 1.165) is 25.1 Å². The molecule has 6 nitrogen and oxygen atoms in total. The van der Waals surface area contributed by atoms with Gasteiger partial charge < -0.3 is 10.5 Å². The Morgan fingerprint density at radius 3 is 2.94 bits per heavy atom. The Kier molecular flexibility index (Phi) is 3.42. The summed E-state index contributed by atoms with van der Waals surface area (Å²) in [4.78, 5) is 11.3. The molecule has 1 fully saturated rings. The number of hydrogen-bond acceptors (Lipinski definition) is 4. The summed E-state index contributed by atoms with van der Waals surface area (Å²) < 4.78 is 7.31. The van der Waals surface area contributed by atoms with E-state index < -0.39 is 5.91 Å². The van der Waals surface area contributed by atoms with Gasteiger partial charge in [-0.1, -0.05) is 19.1 Å². The van der Waals surface area contributed by atoms with E-state index in [4.69, 9.17) is 10.5 Å². The van der Waals surface area contributed by atoms with Crippen molar-refractivity contribution in [2.45, 2.75) is 45.3 Å². The third kappa shape index (κ3) is 2.46. The Labute approximate surface area is 100 Å². The molecule has 0 radical (unpaired) electrons. The number of aromatic nitrogens is 3. The number of carbonyl (C=O) groups is 1. The maximum atomic E-state index is 11.3. The van der Waals surface area contributed by atoms with Crippen LogP contribution in [0.2, 0.25) is 0 Å². The molecule has 1 amide bonds. The van der Waals surface area contributed by atoms with Crippen LogP contribution in [0, 0.1) is 0 Å². The van der Waals surface area contributed by atoms with Crippen molar-refractivity contribution in [3.8, 4) is 0 Å². The Bertz CT molecular complexity index is 408. The molecule has 0 aliphatic carbocycles. The van der Waals surface area contributed by atoms with Crippen LogP contribution >= 0.6 is 0 Å². The summed E-state index contributed by atoms with van der Waals surface area (Å²) >= 11 is 0. The predicted molar refractivity (Wildman–Crippen MR) is 61.6 cm³/mol. The average molecular weight is 238 g/mol. The molecule has 2 rings (SSSR count). The van der Waals surface area contributed by atoms with Crippen LogP contribution in [0.5, 0.6) is 0 Å². The number of ether oxygens (including phenoxy) is 1. The van der Waals surface area contributed by atoms with Gasteiger partial charge in [-0.15, -0.1) is 5.10 Å². The lowest BCUT2D eigenvalue weighted by Crippen LogP contribution is -2.20. The Balaban J connectivity index is 2.23. The van der Waals surface area contributed by atoms with Gasteiger partial charge in [0.2, 0.25) is 0 Å². The number of nitrogens with two attached hydrogens (primary N) is 1. The van der Waals surface area contributed by atoms with Gasteiger partial charge in [0.15, 0.2) is 5.69 Å². The summed E-state index contributed by atoms with van der Waals surface area (Å²) in [6.07, 6.45) is 2.29. The number of carbonyl (C=O) groups excluding carboxylic acids is 1. The summed E-state index contributed by atoms with van der Waals surface area (Å²) in [5, 5.41) is 7.87. The number of rotatable bonds is 4. The fraction of sp³-hybridized carbons (Fsp3) is 0.727. The molecule has 0 spiro atoms. The van der Waals surface area contributed by atoms with Gasteiger partial charge in [0, 0.05) is 6.61 Å². The first-order valence-corrected chi connectivity index (χ1v) is 5.94. The molecule has 1 aromatic rings. The molecule has 2 heterocycles. The van der Waals surface area contributed by atoms with Crippen LogP contribution in [0.1, 0.15) is 48.8 Å².